The molecule has 2 amide bonds. The van der Waals surface area contributed by atoms with E-state index in [1.165, 1.54) is 12.1 Å². The predicted octanol–water partition coefficient (Wildman–Crippen LogP) is 4.38. The maximum Gasteiger partial charge on any atom is 0.405 e. The molecule has 4 aromatic rings. The van der Waals surface area contributed by atoms with Gasteiger partial charge in [-0.15, -0.1) is 0 Å². The molecular formula is C26H22F2N6O4. The van der Waals surface area contributed by atoms with E-state index in [1.807, 2.05) is 22.8 Å². The molecule has 2 aliphatic rings. The largest absolute Gasteiger partial charge is 0.465 e. The molecule has 6 rings (SSSR count). The number of benzene rings is 2. The fourth-order valence-electron chi connectivity index (χ4n) is 5.31. The summed E-state index contributed by atoms with van der Waals surface area (Å²) in [4.78, 5) is 37.5. The first-order chi connectivity index (χ1) is 18.1. The minimum absolute atomic E-state index is 0.0364. The number of nitrogens with zero attached hydrogens (tertiary/aromatic N) is 4. The average Bonchev–Trinajstić information content (AvgIpc) is 3.35. The first-order valence-electron chi connectivity index (χ1n) is 11.9. The minimum atomic E-state index is -3.03. The molecule has 0 unspecified atom stereocenters. The van der Waals surface area contributed by atoms with Gasteiger partial charge in [0, 0.05) is 29.1 Å². The number of imidazole rings is 1. The van der Waals surface area contributed by atoms with E-state index in [4.69, 9.17) is 14.8 Å². The number of nitrogens with one attached hydrogen (secondary N) is 2. The van der Waals surface area contributed by atoms with Crippen molar-refractivity contribution in [1.29, 1.82) is 0 Å². The lowest BCUT2D eigenvalue weighted by molar-refractivity contribution is -0.0507. The number of carbonyl (C=O) groups is 2. The van der Waals surface area contributed by atoms with Gasteiger partial charge in [0.15, 0.2) is 5.82 Å². The second-order valence-corrected chi connectivity index (χ2v) is 9.77. The predicted molar refractivity (Wildman–Crippen MR) is 131 cm³/mol. The Morgan fingerprint density at radius 1 is 1.21 bits per heavy atom. The van der Waals surface area contributed by atoms with E-state index >= 15 is 0 Å². The van der Waals surface area contributed by atoms with Crippen molar-refractivity contribution in [1.82, 2.24) is 30.2 Å². The Hall–Kier alpha value is -4.61. The standard InChI is InChI=1S/C26H22F2N6O4/c1-26(2,33-25(36)37)23-29-10-13(11-30-23)12-6-7-15-17(8-12)34-18-9-16(21(34)31-15)32-22(35)14-4-3-5-19(20(14)18)38-24(27)28/h3-8,10-11,16,18,24,33H,9H2,1-2H3,(H,32,35)(H,36,37)/t16-,18-/m1/s1. The SMILES string of the molecule is CC(C)(NC(=O)O)c1ncc(-c2ccc3nc4n(c3c2)[C@@H]2C[C@H]4NC(=O)c3cccc(OC(F)F)c32)cn1. The molecule has 2 bridgehead atoms. The lowest BCUT2D eigenvalue weighted by Crippen LogP contribution is -2.41. The second kappa shape index (κ2) is 8.47. The summed E-state index contributed by atoms with van der Waals surface area (Å²) in [7, 11) is 0. The van der Waals surface area contributed by atoms with Gasteiger partial charge in [-0.2, -0.15) is 8.78 Å². The van der Waals surface area contributed by atoms with E-state index in [-0.39, 0.29) is 17.7 Å². The van der Waals surface area contributed by atoms with Crippen LogP contribution in [0.15, 0.2) is 48.8 Å². The topological polar surface area (TPSA) is 131 Å². The van der Waals surface area contributed by atoms with Gasteiger partial charge < -0.3 is 25.0 Å². The summed E-state index contributed by atoms with van der Waals surface area (Å²) in [6, 6.07) is 9.37. The number of alkyl halides is 2. The summed E-state index contributed by atoms with van der Waals surface area (Å²) >= 11 is 0. The fourth-order valence-corrected chi connectivity index (χ4v) is 5.31. The highest BCUT2D eigenvalue weighted by atomic mass is 19.3. The molecule has 0 aliphatic carbocycles. The maximum absolute atomic E-state index is 13.2. The van der Waals surface area contributed by atoms with Crippen LogP contribution in [0.4, 0.5) is 13.6 Å². The third-order valence-electron chi connectivity index (χ3n) is 6.93. The molecule has 4 heterocycles. The zero-order valence-electron chi connectivity index (χ0n) is 20.3. The van der Waals surface area contributed by atoms with Gasteiger partial charge in [0.1, 0.15) is 11.6 Å². The van der Waals surface area contributed by atoms with Gasteiger partial charge >= 0.3 is 12.7 Å². The molecule has 2 aromatic heterocycles. The summed E-state index contributed by atoms with van der Waals surface area (Å²) in [5.41, 5.74) is 2.65. The molecular weight excluding hydrogens is 498 g/mol. The van der Waals surface area contributed by atoms with E-state index in [2.05, 4.69) is 20.6 Å². The molecule has 38 heavy (non-hydrogen) atoms. The first-order valence-corrected chi connectivity index (χ1v) is 11.9. The molecule has 2 aromatic carbocycles. The van der Waals surface area contributed by atoms with Crippen molar-refractivity contribution in [2.24, 2.45) is 0 Å². The van der Waals surface area contributed by atoms with Gasteiger partial charge in [-0.25, -0.2) is 19.7 Å². The number of ether oxygens (including phenoxy) is 1. The van der Waals surface area contributed by atoms with Crippen LogP contribution in [0.5, 0.6) is 5.75 Å². The van der Waals surface area contributed by atoms with Crippen LogP contribution in [0.3, 0.4) is 0 Å². The molecule has 0 spiro atoms. The maximum atomic E-state index is 13.2. The number of fused-ring (bicyclic) bond motifs is 9. The van der Waals surface area contributed by atoms with Crippen LogP contribution in [0, 0.1) is 0 Å². The van der Waals surface area contributed by atoms with Gasteiger partial charge in [-0.1, -0.05) is 12.1 Å². The number of hydrogen-bond acceptors (Lipinski definition) is 6. The Labute approximate surface area is 214 Å². The molecule has 0 saturated heterocycles. The lowest BCUT2D eigenvalue weighted by atomic mass is 9.97. The van der Waals surface area contributed by atoms with Crippen LogP contribution in [0.2, 0.25) is 0 Å². The summed E-state index contributed by atoms with van der Waals surface area (Å²) in [5, 5.41) is 14.4. The molecule has 0 saturated carbocycles. The van der Waals surface area contributed by atoms with E-state index in [1.54, 1.807) is 32.3 Å². The van der Waals surface area contributed by atoms with Crippen LogP contribution in [-0.4, -0.2) is 43.2 Å². The minimum Gasteiger partial charge on any atom is -0.465 e. The number of rotatable bonds is 5. The Kier molecular flexibility index (Phi) is 5.30. The van der Waals surface area contributed by atoms with Crippen LogP contribution in [0.1, 0.15) is 59.9 Å². The molecule has 3 N–H and O–H groups in total. The number of halogens is 2. The van der Waals surface area contributed by atoms with Crippen molar-refractivity contribution in [3.05, 3.63) is 71.6 Å². The quantitative estimate of drug-likeness (QED) is 0.356. The smallest absolute Gasteiger partial charge is 0.405 e. The van der Waals surface area contributed by atoms with Gasteiger partial charge in [0.05, 0.1) is 28.7 Å². The van der Waals surface area contributed by atoms with Crippen LogP contribution >= 0.6 is 0 Å². The Bertz CT molecular complexity index is 1600. The van der Waals surface area contributed by atoms with E-state index in [0.29, 0.717) is 40.3 Å². The van der Waals surface area contributed by atoms with E-state index in [9.17, 15) is 18.4 Å². The van der Waals surface area contributed by atoms with Gasteiger partial charge in [0.25, 0.3) is 5.91 Å². The van der Waals surface area contributed by atoms with Crippen molar-refractivity contribution in [2.75, 3.05) is 0 Å². The number of aromatic nitrogens is 4. The average molecular weight is 520 g/mol. The van der Waals surface area contributed by atoms with Crippen LogP contribution < -0.4 is 15.4 Å². The van der Waals surface area contributed by atoms with Gasteiger partial charge in [-0.3, -0.25) is 4.79 Å². The molecule has 2 aliphatic heterocycles. The Morgan fingerprint density at radius 2 is 1.97 bits per heavy atom. The molecule has 0 radical (unpaired) electrons. The highest BCUT2D eigenvalue weighted by Gasteiger charge is 2.42. The van der Waals surface area contributed by atoms with Crippen molar-refractivity contribution >= 4 is 23.0 Å². The van der Waals surface area contributed by atoms with E-state index < -0.39 is 24.3 Å². The lowest BCUT2D eigenvalue weighted by Gasteiger charge is -2.22. The summed E-state index contributed by atoms with van der Waals surface area (Å²) in [6.07, 6.45) is 2.50. The van der Waals surface area contributed by atoms with Gasteiger partial charge in [0.2, 0.25) is 0 Å². The fraction of sp³-hybridized carbons (Fsp3) is 0.269. The molecule has 10 nitrogen and oxygen atoms in total. The second-order valence-electron chi connectivity index (χ2n) is 9.77. The summed E-state index contributed by atoms with van der Waals surface area (Å²) < 4.78 is 33.3. The Morgan fingerprint density at radius 3 is 2.68 bits per heavy atom. The highest BCUT2D eigenvalue weighted by Crippen LogP contribution is 2.47. The normalized spacial score (nSPS) is 18.1. The van der Waals surface area contributed by atoms with Crippen molar-refractivity contribution in [2.45, 2.75) is 44.5 Å². The van der Waals surface area contributed by atoms with Crippen LogP contribution in [-0.2, 0) is 5.54 Å². The Balaban J connectivity index is 1.44. The molecule has 194 valence electrons. The number of hydrogen-bond donors (Lipinski definition) is 3. The number of carbonyl (C=O) groups excluding carboxylic acids is 1. The van der Waals surface area contributed by atoms with Crippen molar-refractivity contribution < 1.29 is 28.2 Å². The third kappa shape index (κ3) is 3.80. The summed E-state index contributed by atoms with van der Waals surface area (Å²) in [5.74, 6) is 0.564. The van der Waals surface area contributed by atoms with Crippen molar-refractivity contribution in [3.63, 3.8) is 0 Å². The molecule has 0 fully saturated rings. The third-order valence-corrected chi connectivity index (χ3v) is 6.93. The van der Waals surface area contributed by atoms with Gasteiger partial charge in [-0.05, 0) is 50.1 Å². The zero-order chi connectivity index (χ0) is 26.8. The first kappa shape index (κ1) is 23.8. The monoisotopic (exact) mass is 520 g/mol. The summed E-state index contributed by atoms with van der Waals surface area (Å²) in [6.45, 7) is 0.302. The number of amides is 2. The highest BCUT2D eigenvalue weighted by molar-refractivity contribution is 5.98. The molecule has 2 atom stereocenters. The molecule has 12 heteroatoms. The number of carboxylic acid groups (broad SMARTS) is 1. The zero-order valence-corrected chi connectivity index (χ0v) is 20.3. The van der Waals surface area contributed by atoms with Crippen molar-refractivity contribution in [3.8, 4) is 16.9 Å². The van der Waals surface area contributed by atoms with Crippen LogP contribution in [0.25, 0.3) is 22.2 Å². The van der Waals surface area contributed by atoms with E-state index in [0.717, 1.165) is 11.1 Å².